The Bertz CT molecular complexity index is 802. The second-order valence-corrected chi connectivity index (χ2v) is 5.73. The highest BCUT2D eigenvalue weighted by Gasteiger charge is 2.23. The molecule has 126 valence electrons. The summed E-state index contributed by atoms with van der Waals surface area (Å²) in [6, 6.07) is 6.81. The Labute approximate surface area is 138 Å². The van der Waals surface area contributed by atoms with Gasteiger partial charge in [0, 0.05) is 30.3 Å². The number of aldehydes is 1. The highest BCUT2D eigenvalue weighted by molar-refractivity contribution is 5.61. The Balaban J connectivity index is 1.92. The molecule has 1 heterocycles. The zero-order valence-electron chi connectivity index (χ0n) is 13.2. The van der Waals surface area contributed by atoms with Gasteiger partial charge in [-0.3, -0.25) is 4.79 Å². The number of benzene rings is 1. The van der Waals surface area contributed by atoms with E-state index in [-0.39, 0.29) is 11.3 Å². The number of methoxy groups -OCH3 is 1. The van der Waals surface area contributed by atoms with E-state index in [1.54, 1.807) is 6.07 Å². The normalized spacial score (nSPS) is 15.1. The van der Waals surface area contributed by atoms with E-state index in [9.17, 15) is 14.0 Å². The molecule has 1 atom stereocenters. The van der Waals surface area contributed by atoms with Crippen LogP contribution in [0, 0.1) is 5.82 Å². The number of rotatable bonds is 7. The summed E-state index contributed by atoms with van der Waals surface area (Å²) in [6.45, 7) is 0.329. The number of nitrogens with zero attached hydrogens (tertiary/aromatic N) is 2. The van der Waals surface area contributed by atoms with Crippen LogP contribution < -0.4 is 15.6 Å². The molecule has 1 unspecified atom stereocenters. The zero-order valence-corrected chi connectivity index (χ0v) is 13.2. The second-order valence-electron chi connectivity index (χ2n) is 5.73. The number of hydrogen-bond donors (Lipinski definition) is 1. The van der Waals surface area contributed by atoms with Crippen molar-refractivity contribution in [2.75, 3.05) is 13.7 Å². The van der Waals surface area contributed by atoms with E-state index in [1.807, 2.05) is 0 Å². The number of ether oxygens (including phenoxy) is 1. The predicted octanol–water partition coefficient (Wildman–Crippen LogP) is 1.55. The molecular weight excluding hydrogens is 313 g/mol. The van der Waals surface area contributed by atoms with Crippen molar-refractivity contribution in [2.45, 2.75) is 24.9 Å². The van der Waals surface area contributed by atoms with Crippen LogP contribution in [0.15, 0.2) is 35.1 Å². The van der Waals surface area contributed by atoms with Gasteiger partial charge in [0.15, 0.2) is 0 Å². The van der Waals surface area contributed by atoms with Gasteiger partial charge in [-0.2, -0.15) is 5.10 Å². The average Bonchev–Trinajstić information content (AvgIpc) is 3.41. The first-order valence-corrected chi connectivity index (χ1v) is 7.75. The van der Waals surface area contributed by atoms with Crippen LogP contribution in [0.25, 0.3) is 11.3 Å². The number of halogens is 1. The van der Waals surface area contributed by atoms with Crippen molar-refractivity contribution >= 4 is 6.29 Å². The van der Waals surface area contributed by atoms with Crippen LogP contribution in [0.1, 0.15) is 18.9 Å². The third-order valence-electron chi connectivity index (χ3n) is 3.94. The molecule has 0 aliphatic heterocycles. The highest BCUT2D eigenvalue weighted by Crippen LogP contribution is 2.24. The summed E-state index contributed by atoms with van der Waals surface area (Å²) in [7, 11) is 1.45. The molecule has 2 aromatic rings. The first-order valence-electron chi connectivity index (χ1n) is 7.75. The zero-order chi connectivity index (χ0) is 17.1. The van der Waals surface area contributed by atoms with Crippen molar-refractivity contribution in [1.82, 2.24) is 15.1 Å². The average molecular weight is 331 g/mol. The fraction of sp³-hybridized carbons (Fsp3) is 0.353. The third kappa shape index (κ3) is 3.51. The van der Waals surface area contributed by atoms with Crippen LogP contribution in [0.4, 0.5) is 4.39 Å². The molecule has 6 nitrogen and oxygen atoms in total. The van der Waals surface area contributed by atoms with Gasteiger partial charge in [-0.25, -0.2) is 9.07 Å². The standard InChI is InChI=1S/C17H18FN3O3/c1-24-13-4-5-14(15(18)8-13)16-6-7-17(23)21(20-16)12(10-22)9-19-11-2-3-11/h4-8,10-12,19H,2-3,9H2,1H3. The molecule has 0 bridgehead atoms. The topological polar surface area (TPSA) is 73.2 Å². The van der Waals surface area contributed by atoms with Crippen molar-refractivity contribution in [3.63, 3.8) is 0 Å². The Morgan fingerprint density at radius 2 is 2.21 bits per heavy atom. The molecule has 1 aliphatic carbocycles. The molecule has 0 saturated heterocycles. The van der Waals surface area contributed by atoms with Gasteiger partial charge < -0.3 is 14.8 Å². The quantitative estimate of drug-likeness (QED) is 0.779. The summed E-state index contributed by atoms with van der Waals surface area (Å²) in [5.41, 5.74) is 0.125. The molecular formula is C17H18FN3O3. The lowest BCUT2D eigenvalue weighted by Crippen LogP contribution is -2.35. The summed E-state index contributed by atoms with van der Waals surface area (Å²) in [6.07, 6.45) is 2.83. The van der Waals surface area contributed by atoms with E-state index < -0.39 is 17.4 Å². The number of aromatic nitrogens is 2. The van der Waals surface area contributed by atoms with Gasteiger partial charge in [0.25, 0.3) is 5.56 Å². The van der Waals surface area contributed by atoms with Crippen molar-refractivity contribution in [1.29, 1.82) is 0 Å². The van der Waals surface area contributed by atoms with E-state index in [0.717, 1.165) is 17.5 Å². The van der Waals surface area contributed by atoms with E-state index in [2.05, 4.69) is 10.4 Å². The minimum Gasteiger partial charge on any atom is -0.497 e. The Morgan fingerprint density at radius 3 is 2.83 bits per heavy atom. The number of carbonyl (C=O) groups is 1. The fourth-order valence-electron chi connectivity index (χ4n) is 2.40. The maximum Gasteiger partial charge on any atom is 0.267 e. The number of hydrogen-bond acceptors (Lipinski definition) is 5. The van der Waals surface area contributed by atoms with Gasteiger partial charge in [0.1, 0.15) is 23.9 Å². The maximum atomic E-state index is 14.2. The van der Waals surface area contributed by atoms with Crippen LogP contribution in [-0.2, 0) is 4.79 Å². The monoisotopic (exact) mass is 331 g/mol. The lowest BCUT2D eigenvalue weighted by molar-refractivity contribution is -0.110. The van der Waals surface area contributed by atoms with Gasteiger partial charge in [-0.05, 0) is 31.0 Å². The molecule has 24 heavy (non-hydrogen) atoms. The molecule has 3 rings (SSSR count). The fourth-order valence-corrected chi connectivity index (χ4v) is 2.40. The van der Waals surface area contributed by atoms with E-state index in [4.69, 9.17) is 4.74 Å². The van der Waals surface area contributed by atoms with Gasteiger partial charge >= 0.3 is 0 Å². The van der Waals surface area contributed by atoms with Crippen molar-refractivity contribution in [3.8, 4) is 17.0 Å². The minimum atomic E-state index is -0.723. The largest absolute Gasteiger partial charge is 0.497 e. The summed E-state index contributed by atoms with van der Waals surface area (Å²) in [5, 5.41) is 7.38. The predicted molar refractivity (Wildman–Crippen MR) is 86.6 cm³/mol. The lowest BCUT2D eigenvalue weighted by atomic mass is 10.1. The van der Waals surface area contributed by atoms with Crippen LogP contribution >= 0.6 is 0 Å². The van der Waals surface area contributed by atoms with Gasteiger partial charge in [0.05, 0.1) is 12.8 Å². The Hall–Kier alpha value is -2.54. The molecule has 1 aromatic heterocycles. The first-order chi connectivity index (χ1) is 11.6. The summed E-state index contributed by atoms with van der Waals surface area (Å²) < 4.78 is 20.3. The van der Waals surface area contributed by atoms with Crippen LogP contribution in [0.2, 0.25) is 0 Å². The van der Waals surface area contributed by atoms with E-state index >= 15 is 0 Å². The highest BCUT2D eigenvalue weighted by atomic mass is 19.1. The van der Waals surface area contributed by atoms with E-state index in [0.29, 0.717) is 24.6 Å². The lowest BCUT2D eigenvalue weighted by Gasteiger charge is -2.14. The second kappa shape index (κ2) is 6.92. The molecule has 1 N–H and O–H groups in total. The molecule has 0 radical (unpaired) electrons. The van der Waals surface area contributed by atoms with E-state index in [1.165, 1.54) is 31.4 Å². The summed E-state index contributed by atoms with van der Waals surface area (Å²) in [4.78, 5) is 23.4. The van der Waals surface area contributed by atoms with Crippen molar-refractivity contribution < 1.29 is 13.9 Å². The van der Waals surface area contributed by atoms with Crippen molar-refractivity contribution in [2.24, 2.45) is 0 Å². The number of nitrogens with one attached hydrogen (secondary N) is 1. The summed E-state index contributed by atoms with van der Waals surface area (Å²) >= 11 is 0. The number of carbonyl (C=O) groups excluding carboxylic acids is 1. The maximum absolute atomic E-state index is 14.2. The minimum absolute atomic E-state index is 0.240. The smallest absolute Gasteiger partial charge is 0.267 e. The molecule has 1 aliphatic rings. The molecule has 0 amide bonds. The van der Waals surface area contributed by atoms with Gasteiger partial charge in [-0.1, -0.05) is 0 Å². The Morgan fingerprint density at radius 1 is 1.42 bits per heavy atom. The molecule has 1 saturated carbocycles. The van der Waals surface area contributed by atoms with Gasteiger partial charge in [0.2, 0.25) is 0 Å². The molecule has 7 heteroatoms. The van der Waals surface area contributed by atoms with Crippen LogP contribution in [0.3, 0.4) is 0 Å². The van der Waals surface area contributed by atoms with Crippen LogP contribution in [-0.4, -0.2) is 35.8 Å². The molecule has 1 aromatic carbocycles. The SMILES string of the molecule is COc1ccc(-c2ccc(=O)n(C(C=O)CNC3CC3)n2)c(F)c1. The van der Waals surface area contributed by atoms with Crippen LogP contribution in [0.5, 0.6) is 5.75 Å². The van der Waals surface area contributed by atoms with Crippen molar-refractivity contribution in [3.05, 3.63) is 46.5 Å². The Kier molecular flexibility index (Phi) is 4.71. The third-order valence-corrected chi connectivity index (χ3v) is 3.94. The molecule has 1 fully saturated rings. The molecule has 0 spiro atoms. The summed E-state index contributed by atoms with van der Waals surface area (Å²) in [5.74, 6) is -0.116. The van der Waals surface area contributed by atoms with Gasteiger partial charge in [-0.15, -0.1) is 0 Å². The first kappa shape index (κ1) is 16.3.